The highest BCUT2D eigenvalue weighted by atomic mass is 16.4. The van der Waals surface area contributed by atoms with Gasteiger partial charge in [0.1, 0.15) is 11.2 Å². The van der Waals surface area contributed by atoms with Crippen LogP contribution in [0.2, 0.25) is 0 Å². The summed E-state index contributed by atoms with van der Waals surface area (Å²) in [5.41, 5.74) is 5.29. The number of benzene rings is 3. The zero-order valence-electron chi connectivity index (χ0n) is 15.9. The topological polar surface area (TPSA) is 43.4 Å². The number of rotatable bonds is 3. The van der Waals surface area contributed by atoms with Gasteiger partial charge in [-0.05, 0) is 52.9 Å². The van der Waals surface area contributed by atoms with E-state index in [1.54, 1.807) is 6.07 Å². The van der Waals surface area contributed by atoms with Crippen molar-refractivity contribution in [2.45, 2.75) is 26.7 Å². The Labute approximate surface area is 162 Å². The fourth-order valence-electron chi connectivity index (χ4n) is 4.16. The zero-order valence-corrected chi connectivity index (χ0v) is 15.9. The summed E-state index contributed by atoms with van der Waals surface area (Å²) in [5.74, 6) is 0. The van der Waals surface area contributed by atoms with E-state index in [4.69, 9.17) is 8.83 Å². The maximum absolute atomic E-state index is 12.0. The van der Waals surface area contributed by atoms with Gasteiger partial charge in [0.15, 0.2) is 0 Å². The van der Waals surface area contributed by atoms with E-state index in [2.05, 4.69) is 49.4 Å². The lowest BCUT2D eigenvalue weighted by Crippen LogP contribution is -2.01. The first kappa shape index (κ1) is 16.8. The molecule has 0 spiro atoms. The molecule has 138 valence electrons. The molecule has 0 amide bonds. The van der Waals surface area contributed by atoms with Crippen LogP contribution >= 0.6 is 0 Å². The number of hydrogen-bond donors (Lipinski definition) is 0. The smallest absolute Gasteiger partial charge is 0.336 e. The molecule has 0 fully saturated rings. The van der Waals surface area contributed by atoms with Crippen molar-refractivity contribution < 1.29 is 8.83 Å². The highest BCUT2D eigenvalue weighted by molar-refractivity contribution is 6.11. The second-order valence-electron chi connectivity index (χ2n) is 7.32. The van der Waals surface area contributed by atoms with E-state index in [1.165, 1.54) is 10.8 Å². The van der Waals surface area contributed by atoms with E-state index in [0.717, 1.165) is 51.5 Å². The maximum atomic E-state index is 12.0. The van der Waals surface area contributed by atoms with Crippen molar-refractivity contribution in [2.75, 3.05) is 0 Å². The number of aryl methyl sites for hydroxylation is 2. The van der Waals surface area contributed by atoms with Crippen molar-refractivity contribution in [3.05, 3.63) is 82.4 Å². The van der Waals surface area contributed by atoms with Crippen LogP contribution in [0.4, 0.5) is 0 Å². The third-order valence-corrected chi connectivity index (χ3v) is 5.41. The van der Waals surface area contributed by atoms with Crippen LogP contribution in [0.25, 0.3) is 43.8 Å². The Morgan fingerprint density at radius 3 is 2.57 bits per heavy atom. The Hall–Kier alpha value is -3.33. The van der Waals surface area contributed by atoms with Crippen LogP contribution in [-0.2, 0) is 6.42 Å². The molecule has 0 saturated heterocycles. The summed E-state index contributed by atoms with van der Waals surface area (Å²) in [6.45, 7) is 4.14. The molecule has 0 unspecified atom stereocenters. The van der Waals surface area contributed by atoms with Crippen LogP contribution in [0, 0.1) is 6.92 Å². The summed E-state index contributed by atoms with van der Waals surface area (Å²) in [7, 11) is 0. The lowest BCUT2D eigenvalue weighted by atomic mass is 9.96. The van der Waals surface area contributed by atoms with Crippen molar-refractivity contribution in [3.63, 3.8) is 0 Å². The molecule has 5 rings (SSSR count). The predicted molar refractivity (Wildman–Crippen MR) is 114 cm³/mol. The Morgan fingerprint density at radius 2 is 1.75 bits per heavy atom. The van der Waals surface area contributed by atoms with Gasteiger partial charge in [0, 0.05) is 17.0 Å². The van der Waals surface area contributed by atoms with E-state index in [1.807, 2.05) is 19.3 Å². The molecule has 0 radical (unpaired) electrons. The fraction of sp³-hybridized carbons (Fsp3) is 0.160. The van der Waals surface area contributed by atoms with Crippen molar-refractivity contribution in [2.24, 2.45) is 0 Å². The molecule has 0 aliphatic rings. The Kier molecular flexibility index (Phi) is 3.83. The van der Waals surface area contributed by atoms with E-state index >= 15 is 0 Å². The molecule has 0 N–H and O–H groups in total. The first-order chi connectivity index (χ1) is 13.7. The van der Waals surface area contributed by atoms with E-state index in [-0.39, 0.29) is 5.63 Å². The molecule has 0 aliphatic carbocycles. The third-order valence-electron chi connectivity index (χ3n) is 5.41. The van der Waals surface area contributed by atoms with E-state index in [0.29, 0.717) is 5.58 Å². The predicted octanol–water partition coefficient (Wildman–Crippen LogP) is 6.62. The molecule has 5 aromatic rings. The Balaban J connectivity index is 1.84. The molecule has 28 heavy (non-hydrogen) atoms. The highest BCUT2D eigenvalue weighted by Gasteiger charge is 2.18. The van der Waals surface area contributed by atoms with Crippen LogP contribution in [0.15, 0.2) is 74.5 Å². The van der Waals surface area contributed by atoms with Crippen LogP contribution in [-0.4, -0.2) is 0 Å². The summed E-state index contributed by atoms with van der Waals surface area (Å²) < 4.78 is 11.6. The molecule has 3 nitrogen and oxygen atoms in total. The van der Waals surface area contributed by atoms with Gasteiger partial charge in [-0.15, -0.1) is 0 Å². The second kappa shape index (κ2) is 6.38. The lowest BCUT2D eigenvalue weighted by Gasteiger charge is -2.08. The van der Waals surface area contributed by atoms with Gasteiger partial charge in [0.2, 0.25) is 0 Å². The largest absolute Gasteiger partial charge is 0.463 e. The molecule has 3 aromatic carbocycles. The minimum absolute atomic E-state index is 0.309. The molecular weight excluding hydrogens is 348 g/mol. The minimum atomic E-state index is -0.309. The van der Waals surface area contributed by atoms with Crippen LogP contribution in [0.3, 0.4) is 0 Å². The number of furan rings is 1. The normalized spacial score (nSPS) is 11.6. The second-order valence-corrected chi connectivity index (χ2v) is 7.32. The fourth-order valence-corrected chi connectivity index (χ4v) is 4.16. The van der Waals surface area contributed by atoms with Crippen molar-refractivity contribution in [3.8, 4) is 11.1 Å². The lowest BCUT2D eigenvalue weighted by molar-refractivity contribution is 0.557. The van der Waals surface area contributed by atoms with Crippen LogP contribution in [0.1, 0.15) is 24.5 Å². The molecule has 0 bridgehead atoms. The summed E-state index contributed by atoms with van der Waals surface area (Å²) in [6, 6.07) is 18.4. The van der Waals surface area contributed by atoms with Crippen LogP contribution in [0.5, 0.6) is 0 Å². The first-order valence-electron chi connectivity index (χ1n) is 9.62. The summed E-state index contributed by atoms with van der Waals surface area (Å²) in [6.07, 6.45) is 3.58. The summed E-state index contributed by atoms with van der Waals surface area (Å²) in [5, 5.41) is 4.40. The van der Waals surface area contributed by atoms with Gasteiger partial charge >= 0.3 is 5.63 Å². The van der Waals surface area contributed by atoms with E-state index < -0.39 is 0 Å². The van der Waals surface area contributed by atoms with Gasteiger partial charge in [-0.2, -0.15) is 0 Å². The molecule has 0 aliphatic heterocycles. The van der Waals surface area contributed by atoms with Crippen LogP contribution < -0.4 is 5.63 Å². The Morgan fingerprint density at radius 1 is 0.929 bits per heavy atom. The van der Waals surface area contributed by atoms with Crippen molar-refractivity contribution >= 4 is 32.7 Å². The average Bonchev–Trinajstić information content (AvgIpc) is 3.13. The van der Waals surface area contributed by atoms with Gasteiger partial charge in [-0.3, -0.25) is 0 Å². The van der Waals surface area contributed by atoms with Crippen molar-refractivity contribution in [1.82, 2.24) is 0 Å². The first-order valence-corrected chi connectivity index (χ1v) is 9.62. The number of hydrogen-bond acceptors (Lipinski definition) is 3. The monoisotopic (exact) mass is 368 g/mol. The highest BCUT2D eigenvalue weighted by Crippen LogP contribution is 2.39. The van der Waals surface area contributed by atoms with Gasteiger partial charge < -0.3 is 8.83 Å². The molecule has 0 atom stereocenters. The van der Waals surface area contributed by atoms with Gasteiger partial charge in [0.25, 0.3) is 0 Å². The van der Waals surface area contributed by atoms with E-state index in [9.17, 15) is 4.79 Å². The minimum Gasteiger partial charge on any atom is -0.463 e. The molecule has 2 aromatic heterocycles. The molecular formula is C25H20O3. The molecule has 2 heterocycles. The van der Waals surface area contributed by atoms with Gasteiger partial charge in [-0.1, -0.05) is 49.7 Å². The number of fused-ring (bicyclic) bond motifs is 4. The average molecular weight is 368 g/mol. The standard InChI is InChI=1S/C25H20O3/c1-3-6-19-13-22(26)28-21-11-15(2)23-20(14-27-25(23)24(19)21)18-10-9-16-7-4-5-8-17(16)12-18/h4-5,7-14H,3,6H2,1-2H3. The summed E-state index contributed by atoms with van der Waals surface area (Å²) >= 11 is 0. The molecule has 3 heteroatoms. The SMILES string of the molecule is CCCc1cc(=O)oc2cc(C)c3c(-c4ccc5ccccc5c4)coc3c12. The zero-order chi connectivity index (χ0) is 19.3. The third kappa shape index (κ3) is 2.55. The quantitative estimate of drug-likeness (QED) is 0.336. The van der Waals surface area contributed by atoms with Gasteiger partial charge in [-0.25, -0.2) is 4.79 Å². The Bertz CT molecular complexity index is 1400. The van der Waals surface area contributed by atoms with Gasteiger partial charge in [0.05, 0.1) is 11.6 Å². The van der Waals surface area contributed by atoms with Crippen molar-refractivity contribution in [1.29, 1.82) is 0 Å². The maximum Gasteiger partial charge on any atom is 0.336 e. The molecule has 0 saturated carbocycles. The summed E-state index contributed by atoms with van der Waals surface area (Å²) in [4.78, 5) is 12.0.